The molecule has 2 atom stereocenters. The molecule has 0 radical (unpaired) electrons. The lowest BCUT2D eigenvalue weighted by Gasteiger charge is -2.29. The minimum Gasteiger partial charge on any atom is -0.229 e. The van der Waals surface area contributed by atoms with Gasteiger partial charge in [-0.25, -0.2) is 26.8 Å². The van der Waals surface area contributed by atoms with Crippen molar-refractivity contribution in [3.8, 4) is 0 Å². The van der Waals surface area contributed by atoms with E-state index < -0.39 is 43.3 Å². The van der Waals surface area contributed by atoms with Crippen molar-refractivity contribution in [2.45, 2.75) is 36.7 Å². The lowest BCUT2D eigenvalue weighted by molar-refractivity contribution is -0.494. The molecule has 14 heteroatoms. The number of hydrogen-bond acceptors (Lipinski definition) is 2. The van der Waals surface area contributed by atoms with E-state index >= 15 is 0 Å². The Morgan fingerprint density at radius 2 is 1.10 bits per heavy atom. The molecular weight excluding hydrogens is 344 g/mol. The third-order valence-electron chi connectivity index (χ3n) is 1.93. The number of hydrogen-bond donors (Lipinski definition) is 0. The van der Waals surface area contributed by atoms with Gasteiger partial charge in [0.2, 0.25) is 0 Å². The second kappa shape index (κ2) is 6.06. The average Bonchev–Trinajstić information content (AvgIpc) is 2.24. The zero-order valence-corrected chi connectivity index (χ0v) is 9.21. The van der Waals surface area contributed by atoms with E-state index in [1.165, 1.54) is 0 Å². The van der Waals surface area contributed by atoms with Crippen LogP contribution < -0.4 is 0 Å². The molecule has 0 spiro atoms. The predicted octanol–water partition coefficient (Wildman–Crippen LogP) is 3.96. The quantitative estimate of drug-likeness (QED) is 0.411. The zero-order valence-electron chi connectivity index (χ0n) is 9.21. The highest BCUT2D eigenvalue weighted by molar-refractivity contribution is 4.89. The largest absolute Gasteiger partial charge is 0.457 e. The van der Waals surface area contributed by atoms with Gasteiger partial charge in [0.25, 0.3) is 12.1 Å². The fourth-order valence-corrected chi connectivity index (χ4v) is 0.677. The molecule has 0 aromatic carbocycles. The normalized spacial score (nSPS) is 19.7. The molecule has 0 aromatic heterocycles. The molecule has 21 heavy (non-hydrogen) atoms. The molecular formula is C7H4F12O2. The highest BCUT2D eigenvalue weighted by Crippen LogP contribution is 2.42. The molecule has 0 heterocycles. The van der Waals surface area contributed by atoms with Crippen LogP contribution in [0.25, 0.3) is 0 Å². The molecule has 128 valence electrons. The van der Waals surface area contributed by atoms with E-state index in [1.54, 1.807) is 0 Å². The van der Waals surface area contributed by atoms with Crippen LogP contribution in [0, 0.1) is 0 Å². The first-order chi connectivity index (χ1) is 9.09. The van der Waals surface area contributed by atoms with Crippen LogP contribution >= 0.6 is 0 Å². The lowest BCUT2D eigenvalue weighted by Crippen LogP contribution is -2.54. The van der Waals surface area contributed by atoms with E-state index in [0.29, 0.717) is 0 Å². The first-order valence-electron chi connectivity index (χ1n) is 4.48. The first kappa shape index (κ1) is 20.1. The molecule has 0 aliphatic heterocycles. The Kier molecular flexibility index (Phi) is 5.79. The van der Waals surface area contributed by atoms with Gasteiger partial charge < -0.3 is 0 Å². The third kappa shape index (κ3) is 4.05. The Hall–Kier alpha value is -0.920. The number of halogens is 12. The molecule has 0 aliphatic rings. The smallest absolute Gasteiger partial charge is 0.229 e. The summed E-state index contributed by atoms with van der Waals surface area (Å²) in [6, 6.07) is 0. The first-order valence-corrected chi connectivity index (χ1v) is 4.48. The summed E-state index contributed by atoms with van der Waals surface area (Å²) < 4.78 is 144. The van der Waals surface area contributed by atoms with Crippen LogP contribution in [-0.4, -0.2) is 43.3 Å². The Labute approximate surface area is 107 Å². The van der Waals surface area contributed by atoms with E-state index in [0.717, 1.165) is 0 Å². The maximum absolute atomic E-state index is 12.8. The van der Waals surface area contributed by atoms with Crippen LogP contribution in [0.1, 0.15) is 0 Å². The molecule has 0 N–H and O–H groups in total. The summed E-state index contributed by atoms with van der Waals surface area (Å²) in [6.07, 6.45) is -22.7. The van der Waals surface area contributed by atoms with Gasteiger partial charge in [0.15, 0.2) is 0 Å². The van der Waals surface area contributed by atoms with Crippen molar-refractivity contribution >= 4 is 0 Å². The summed E-state index contributed by atoms with van der Waals surface area (Å²) in [4.78, 5) is 5.07. The van der Waals surface area contributed by atoms with Crippen molar-refractivity contribution in [1.29, 1.82) is 0 Å². The van der Waals surface area contributed by atoms with Crippen molar-refractivity contribution in [1.82, 2.24) is 0 Å². The Morgan fingerprint density at radius 3 is 1.33 bits per heavy atom. The molecule has 0 fully saturated rings. The fraction of sp³-hybridized carbons (Fsp3) is 1.00. The molecule has 0 bridgehead atoms. The Balaban J connectivity index is 5.02. The van der Waals surface area contributed by atoms with Gasteiger partial charge in [0.05, 0.1) is 0 Å². The van der Waals surface area contributed by atoms with Crippen LogP contribution in [0.3, 0.4) is 0 Å². The van der Waals surface area contributed by atoms with Crippen molar-refractivity contribution < 1.29 is 62.5 Å². The maximum Gasteiger partial charge on any atom is 0.457 e. The molecule has 0 amide bonds. The van der Waals surface area contributed by atoms with Crippen molar-refractivity contribution in [3.63, 3.8) is 0 Å². The van der Waals surface area contributed by atoms with Gasteiger partial charge >= 0.3 is 24.6 Å². The summed E-state index contributed by atoms with van der Waals surface area (Å²) in [5, 5.41) is 0. The summed E-state index contributed by atoms with van der Waals surface area (Å²) in [6.45, 7) is -3.00. The van der Waals surface area contributed by atoms with Crippen LogP contribution in [0.15, 0.2) is 0 Å². The van der Waals surface area contributed by atoms with Crippen molar-refractivity contribution in [3.05, 3.63) is 0 Å². The minimum absolute atomic E-state index is 2.38. The SMILES string of the molecule is FC(F)C(F)(COOC(F)(C(F)F)C(F)(F)F)C(F)(F)F. The topological polar surface area (TPSA) is 18.5 Å². The van der Waals surface area contributed by atoms with Gasteiger partial charge in [-0.3, -0.25) is 0 Å². The van der Waals surface area contributed by atoms with Crippen LogP contribution in [0.4, 0.5) is 52.7 Å². The highest BCUT2D eigenvalue weighted by Gasteiger charge is 2.68. The van der Waals surface area contributed by atoms with Crippen molar-refractivity contribution in [2.24, 2.45) is 0 Å². The van der Waals surface area contributed by atoms with E-state index in [2.05, 4.69) is 9.78 Å². The second-order valence-electron chi connectivity index (χ2n) is 3.45. The molecule has 0 aromatic rings. The second-order valence-corrected chi connectivity index (χ2v) is 3.45. The number of rotatable bonds is 6. The van der Waals surface area contributed by atoms with Crippen LogP contribution in [0.2, 0.25) is 0 Å². The zero-order chi connectivity index (χ0) is 17.3. The molecule has 0 aliphatic carbocycles. The monoisotopic (exact) mass is 348 g/mol. The molecule has 0 saturated carbocycles. The third-order valence-corrected chi connectivity index (χ3v) is 1.93. The molecule has 0 saturated heterocycles. The average molecular weight is 348 g/mol. The van der Waals surface area contributed by atoms with Gasteiger partial charge in [0.1, 0.15) is 6.61 Å². The van der Waals surface area contributed by atoms with Gasteiger partial charge in [-0.05, 0) is 0 Å². The molecule has 0 rings (SSSR count). The minimum atomic E-state index is -6.48. The van der Waals surface area contributed by atoms with Crippen LogP contribution in [-0.2, 0) is 9.78 Å². The Morgan fingerprint density at radius 1 is 0.667 bits per heavy atom. The Bertz CT molecular complexity index is 305. The summed E-state index contributed by atoms with van der Waals surface area (Å²) in [7, 11) is 0. The van der Waals surface area contributed by atoms with E-state index in [1.807, 2.05) is 0 Å². The number of alkyl halides is 12. The van der Waals surface area contributed by atoms with E-state index in [4.69, 9.17) is 0 Å². The standard InChI is InChI=1S/C7H4F12O2/c8-2(9)4(12,6(14,15)16)1-20-21-5(13,3(10)11)7(17,18)19/h2-3H,1H2. The van der Waals surface area contributed by atoms with Gasteiger partial charge in [-0.15, -0.1) is 0 Å². The fourth-order valence-electron chi connectivity index (χ4n) is 0.677. The van der Waals surface area contributed by atoms with Gasteiger partial charge in [-0.1, -0.05) is 0 Å². The maximum atomic E-state index is 12.8. The summed E-state index contributed by atoms with van der Waals surface area (Å²) in [5.74, 6) is -5.92. The molecule has 2 unspecified atom stereocenters. The molecule has 2 nitrogen and oxygen atoms in total. The highest BCUT2D eigenvalue weighted by atomic mass is 19.4. The van der Waals surface area contributed by atoms with Gasteiger partial charge in [-0.2, -0.15) is 35.6 Å². The summed E-state index contributed by atoms with van der Waals surface area (Å²) >= 11 is 0. The van der Waals surface area contributed by atoms with E-state index in [-0.39, 0.29) is 0 Å². The lowest BCUT2D eigenvalue weighted by atomic mass is 10.1. The van der Waals surface area contributed by atoms with Crippen molar-refractivity contribution in [2.75, 3.05) is 6.61 Å². The summed E-state index contributed by atoms with van der Waals surface area (Å²) in [5.41, 5.74) is -5.54. The van der Waals surface area contributed by atoms with E-state index in [9.17, 15) is 52.7 Å². The predicted molar refractivity (Wildman–Crippen MR) is 38.8 cm³/mol. The van der Waals surface area contributed by atoms with Gasteiger partial charge in [0, 0.05) is 0 Å². The van der Waals surface area contributed by atoms with Crippen LogP contribution in [0.5, 0.6) is 0 Å².